The maximum Gasteiger partial charge on any atom is 0.248 e. The Morgan fingerprint density at radius 3 is 2.79 bits per heavy atom. The molecule has 24 heavy (non-hydrogen) atoms. The molecule has 0 spiro atoms. The molecule has 2 heterocycles. The molecule has 0 N–H and O–H groups in total. The molecule has 1 aromatic rings. The van der Waals surface area contributed by atoms with Gasteiger partial charge in [0.25, 0.3) is 0 Å². The number of carbonyl (C=O) groups excluding carboxylic acids is 1. The predicted molar refractivity (Wildman–Crippen MR) is 99.6 cm³/mol. The van der Waals surface area contributed by atoms with Crippen molar-refractivity contribution in [3.8, 4) is 0 Å². The van der Waals surface area contributed by atoms with Crippen LogP contribution in [0.4, 0.5) is 5.69 Å². The Morgan fingerprint density at radius 2 is 2.08 bits per heavy atom. The zero-order chi connectivity index (χ0) is 17.5. The van der Waals surface area contributed by atoms with Crippen LogP contribution in [0.3, 0.4) is 0 Å². The highest BCUT2D eigenvalue weighted by molar-refractivity contribution is 8.16. The van der Waals surface area contributed by atoms with Crippen LogP contribution in [0.1, 0.15) is 30.9 Å². The molecule has 0 aromatic heterocycles. The first-order valence-electron chi connectivity index (χ1n) is 8.16. The van der Waals surface area contributed by atoms with Crippen molar-refractivity contribution in [3.05, 3.63) is 29.3 Å². The number of amidine groups is 1. The lowest BCUT2D eigenvalue weighted by Crippen LogP contribution is -2.38. The fraction of sp³-hybridized carbons (Fsp3) is 0.529. The van der Waals surface area contributed by atoms with E-state index in [0.717, 1.165) is 23.2 Å². The van der Waals surface area contributed by atoms with Crippen LogP contribution in [0.25, 0.3) is 0 Å². The summed E-state index contributed by atoms with van der Waals surface area (Å²) in [7, 11) is -3.03. The Morgan fingerprint density at radius 1 is 1.33 bits per heavy atom. The number of fused-ring (bicyclic) bond motifs is 1. The van der Waals surface area contributed by atoms with Gasteiger partial charge in [0, 0.05) is 17.4 Å². The van der Waals surface area contributed by atoms with Crippen LogP contribution in [0, 0.1) is 13.8 Å². The summed E-state index contributed by atoms with van der Waals surface area (Å²) in [6, 6.07) is 5.96. The topological polar surface area (TPSA) is 66.8 Å². The Hall–Kier alpha value is -1.34. The number of aryl methyl sites for hydroxylation is 2. The maximum atomic E-state index is 12.1. The molecule has 0 saturated carbocycles. The molecular weight excluding hydrogens is 344 g/mol. The van der Waals surface area contributed by atoms with E-state index in [0.29, 0.717) is 11.6 Å². The second-order valence-electron chi connectivity index (χ2n) is 6.50. The van der Waals surface area contributed by atoms with Crippen molar-refractivity contribution in [3.63, 3.8) is 0 Å². The highest BCUT2D eigenvalue weighted by Crippen LogP contribution is 2.42. The number of carbonyl (C=O) groups is 1. The van der Waals surface area contributed by atoms with Gasteiger partial charge in [0.15, 0.2) is 15.0 Å². The second-order valence-corrected chi connectivity index (χ2v) is 9.86. The summed E-state index contributed by atoms with van der Waals surface area (Å²) in [5, 5.41) is 0.593. The molecule has 0 bridgehead atoms. The first-order valence-corrected chi connectivity index (χ1v) is 10.9. The van der Waals surface area contributed by atoms with E-state index >= 15 is 0 Å². The minimum Gasteiger partial charge on any atom is -0.315 e. The lowest BCUT2D eigenvalue weighted by Gasteiger charge is -2.26. The van der Waals surface area contributed by atoms with E-state index in [1.54, 1.807) is 0 Å². The molecule has 2 saturated heterocycles. The maximum absolute atomic E-state index is 12.1. The molecule has 2 atom stereocenters. The summed E-state index contributed by atoms with van der Waals surface area (Å²) in [5.74, 6) is 0.141. The van der Waals surface area contributed by atoms with Crippen molar-refractivity contribution in [2.75, 3.05) is 16.4 Å². The molecule has 0 unspecified atom stereocenters. The molecular formula is C17H22N2O3S2. The normalized spacial score (nSPS) is 26.8. The summed E-state index contributed by atoms with van der Waals surface area (Å²) in [4.78, 5) is 18.3. The average molecular weight is 367 g/mol. The van der Waals surface area contributed by atoms with Gasteiger partial charge in [-0.1, -0.05) is 30.8 Å². The van der Waals surface area contributed by atoms with Crippen LogP contribution in [0.15, 0.2) is 23.2 Å². The third kappa shape index (κ3) is 3.37. The summed E-state index contributed by atoms with van der Waals surface area (Å²) in [6.07, 6.45) is 1.17. The van der Waals surface area contributed by atoms with Crippen LogP contribution in [0.5, 0.6) is 0 Å². The Bertz CT molecular complexity index is 802. The molecule has 7 heteroatoms. The Balaban J connectivity index is 2.04. The van der Waals surface area contributed by atoms with E-state index in [4.69, 9.17) is 0 Å². The first-order chi connectivity index (χ1) is 11.3. The van der Waals surface area contributed by atoms with E-state index in [1.807, 2.05) is 43.9 Å². The van der Waals surface area contributed by atoms with Crippen LogP contribution in [-0.2, 0) is 14.6 Å². The SMILES string of the molecule is CCCC(=O)N=C1S[C@H]2CS(=O)(=O)C[C@H]2N1c1cc(C)ccc1C. The summed E-state index contributed by atoms with van der Waals surface area (Å²) in [5.41, 5.74) is 3.11. The number of thioether (sulfide) groups is 1. The monoisotopic (exact) mass is 366 g/mol. The zero-order valence-electron chi connectivity index (χ0n) is 14.2. The number of nitrogens with zero attached hydrogens (tertiary/aromatic N) is 2. The summed E-state index contributed by atoms with van der Waals surface area (Å²) in [6.45, 7) is 5.96. The zero-order valence-corrected chi connectivity index (χ0v) is 15.8. The number of benzene rings is 1. The third-order valence-electron chi connectivity index (χ3n) is 4.37. The summed E-state index contributed by atoms with van der Waals surface area (Å²) < 4.78 is 24.1. The highest BCUT2D eigenvalue weighted by atomic mass is 32.2. The number of rotatable bonds is 3. The lowest BCUT2D eigenvalue weighted by atomic mass is 10.1. The molecule has 130 valence electrons. The first kappa shape index (κ1) is 17.5. The molecule has 1 amide bonds. The largest absolute Gasteiger partial charge is 0.315 e. The highest BCUT2D eigenvalue weighted by Gasteiger charge is 2.49. The van der Waals surface area contributed by atoms with E-state index < -0.39 is 9.84 Å². The van der Waals surface area contributed by atoms with Crippen molar-refractivity contribution in [1.82, 2.24) is 0 Å². The van der Waals surface area contributed by atoms with E-state index in [9.17, 15) is 13.2 Å². The van der Waals surface area contributed by atoms with Crippen molar-refractivity contribution in [1.29, 1.82) is 0 Å². The molecule has 0 aliphatic carbocycles. The van der Waals surface area contributed by atoms with Crippen molar-refractivity contribution in [2.45, 2.75) is 44.9 Å². The molecule has 2 fully saturated rings. The molecule has 2 aliphatic rings. The fourth-order valence-electron chi connectivity index (χ4n) is 3.20. The number of sulfone groups is 1. The van der Waals surface area contributed by atoms with Crippen LogP contribution in [0.2, 0.25) is 0 Å². The number of hydrogen-bond donors (Lipinski definition) is 0. The van der Waals surface area contributed by atoms with Gasteiger partial charge in [0.2, 0.25) is 5.91 Å². The van der Waals surface area contributed by atoms with E-state index in [2.05, 4.69) is 4.99 Å². The average Bonchev–Trinajstić information content (AvgIpc) is 2.93. The standard InChI is InChI=1S/C17H22N2O3S2/c1-4-5-16(20)18-17-19(13-8-11(2)6-7-12(13)3)14-9-24(21,22)10-15(14)23-17/h6-8,14-15H,4-5,9-10H2,1-3H3/t14-,15+/m1/s1. The van der Waals surface area contributed by atoms with Gasteiger partial charge in [-0.05, 0) is 37.5 Å². The van der Waals surface area contributed by atoms with Gasteiger partial charge >= 0.3 is 0 Å². The van der Waals surface area contributed by atoms with Gasteiger partial charge < -0.3 is 4.90 Å². The smallest absolute Gasteiger partial charge is 0.248 e. The van der Waals surface area contributed by atoms with Crippen LogP contribution in [-0.4, -0.2) is 42.3 Å². The molecule has 0 radical (unpaired) electrons. The minimum absolute atomic E-state index is 0.0527. The number of anilines is 1. The molecule has 2 aliphatic heterocycles. The number of aliphatic imine (C=N–C) groups is 1. The molecule has 1 aromatic carbocycles. The van der Waals surface area contributed by atoms with E-state index in [1.165, 1.54) is 11.8 Å². The Kier molecular flexibility index (Phi) is 4.75. The fourth-order valence-corrected chi connectivity index (χ4v) is 7.13. The van der Waals surface area contributed by atoms with Gasteiger partial charge in [0.05, 0.1) is 17.5 Å². The number of amides is 1. The predicted octanol–water partition coefficient (Wildman–Crippen LogP) is 2.70. The van der Waals surface area contributed by atoms with Gasteiger partial charge in [-0.3, -0.25) is 4.79 Å². The van der Waals surface area contributed by atoms with Gasteiger partial charge in [-0.25, -0.2) is 8.42 Å². The molecule has 5 nitrogen and oxygen atoms in total. The van der Waals surface area contributed by atoms with Crippen molar-refractivity contribution >= 4 is 38.4 Å². The van der Waals surface area contributed by atoms with Crippen molar-refractivity contribution < 1.29 is 13.2 Å². The lowest BCUT2D eigenvalue weighted by molar-refractivity contribution is -0.117. The van der Waals surface area contributed by atoms with E-state index in [-0.39, 0.29) is 28.7 Å². The molecule has 3 rings (SSSR count). The van der Waals surface area contributed by atoms with Crippen LogP contribution >= 0.6 is 11.8 Å². The van der Waals surface area contributed by atoms with Crippen molar-refractivity contribution in [2.24, 2.45) is 4.99 Å². The Labute approximate surface area is 147 Å². The van der Waals surface area contributed by atoms with Gasteiger partial charge in [0.1, 0.15) is 0 Å². The number of hydrogen-bond acceptors (Lipinski definition) is 4. The van der Waals surface area contributed by atoms with Gasteiger partial charge in [-0.15, -0.1) is 0 Å². The third-order valence-corrected chi connectivity index (χ3v) is 7.58. The quantitative estimate of drug-likeness (QED) is 0.823. The summed E-state index contributed by atoms with van der Waals surface area (Å²) >= 11 is 1.43. The second kappa shape index (κ2) is 6.52. The van der Waals surface area contributed by atoms with Crippen LogP contribution < -0.4 is 4.90 Å². The minimum atomic E-state index is -3.03. The van der Waals surface area contributed by atoms with Gasteiger partial charge in [-0.2, -0.15) is 4.99 Å².